The Balaban J connectivity index is 1.80. The molecule has 0 unspecified atom stereocenters. The molecule has 1 saturated carbocycles. The molecule has 5 nitrogen and oxygen atoms in total. The van der Waals surface area contributed by atoms with Crippen LogP contribution >= 0.6 is 11.6 Å². The summed E-state index contributed by atoms with van der Waals surface area (Å²) in [5, 5.41) is 8.15. The Morgan fingerprint density at radius 1 is 1.38 bits per heavy atom. The zero-order valence-electron chi connectivity index (χ0n) is 14.2. The van der Waals surface area contributed by atoms with Crippen LogP contribution in [-0.2, 0) is 11.3 Å². The van der Waals surface area contributed by atoms with Crippen molar-refractivity contribution in [1.82, 2.24) is 15.1 Å². The first kappa shape index (κ1) is 16.8. The van der Waals surface area contributed by atoms with Crippen LogP contribution in [0.15, 0.2) is 30.3 Å². The largest absolute Gasteiger partial charge is 0.444 e. The molecule has 2 aromatic rings. The second-order valence-corrected chi connectivity index (χ2v) is 7.52. The lowest BCUT2D eigenvalue weighted by molar-refractivity contribution is 0.0522. The minimum Gasteiger partial charge on any atom is -0.444 e. The van der Waals surface area contributed by atoms with Crippen LogP contribution in [0.5, 0.6) is 0 Å². The van der Waals surface area contributed by atoms with Crippen LogP contribution in [0.4, 0.5) is 4.79 Å². The number of nitrogens with one attached hydrogen (secondary N) is 1. The van der Waals surface area contributed by atoms with Gasteiger partial charge in [0.1, 0.15) is 5.60 Å². The zero-order valence-corrected chi connectivity index (χ0v) is 14.9. The van der Waals surface area contributed by atoms with Crippen molar-refractivity contribution in [2.24, 2.45) is 0 Å². The fourth-order valence-corrected chi connectivity index (χ4v) is 2.64. The predicted octanol–water partition coefficient (Wildman–Crippen LogP) is 4.43. The van der Waals surface area contributed by atoms with Gasteiger partial charge >= 0.3 is 6.09 Å². The normalized spacial score (nSPS) is 14.5. The number of carbonyl (C=O) groups excluding carboxylic acids is 1. The molecule has 1 N–H and O–H groups in total. The number of hydrogen-bond acceptors (Lipinski definition) is 3. The van der Waals surface area contributed by atoms with E-state index in [4.69, 9.17) is 21.4 Å². The number of benzene rings is 1. The Hall–Kier alpha value is -2.01. The van der Waals surface area contributed by atoms with Crippen LogP contribution in [-0.4, -0.2) is 21.5 Å². The van der Waals surface area contributed by atoms with E-state index < -0.39 is 11.7 Å². The summed E-state index contributed by atoms with van der Waals surface area (Å²) in [5.74, 6) is 0.533. The molecule has 0 radical (unpaired) electrons. The van der Waals surface area contributed by atoms with E-state index in [2.05, 4.69) is 11.4 Å². The maximum Gasteiger partial charge on any atom is 0.407 e. The van der Waals surface area contributed by atoms with Gasteiger partial charge < -0.3 is 10.1 Å². The Morgan fingerprint density at radius 2 is 2.12 bits per heavy atom. The van der Waals surface area contributed by atoms with E-state index in [1.54, 1.807) is 0 Å². The minimum atomic E-state index is -0.517. The van der Waals surface area contributed by atoms with Crippen molar-refractivity contribution in [3.8, 4) is 5.69 Å². The molecule has 3 rings (SSSR count). The Kier molecular flexibility index (Phi) is 4.54. The summed E-state index contributed by atoms with van der Waals surface area (Å²) in [6, 6.07) is 9.58. The quantitative estimate of drug-likeness (QED) is 0.890. The van der Waals surface area contributed by atoms with E-state index in [0.29, 0.717) is 17.5 Å². The zero-order chi connectivity index (χ0) is 17.3. The third-order valence-electron chi connectivity index (χ3n) is 3.66. The Morgan fingerprint density at radius 3 is 2.75 bits per heavy atom. The number of ether oxygens (including phenoxy) is 1. The van der Waals surface area contributed by atoms with Gasteiger partial charge in [0.05, 0.1) is 23.6 Å². The number of hydrogen-bond donors (Lipinski definition) is 1. The molecule has 24 heavy (non-hydrogen) atoms. The second-order valence-electron chi connectivity index (χ2n) is 7.08. The van der Waals surface area contributed by atoms with E-state index in [1.807, 2.05) is 49.7 Å². The molecule has 1 fully saturated rings. The highest BCUT2D eigenvalue weighted by atomic mass is 35.5. The first-order chi connectivity index (χ1) is 11.3. The molecule has 6 heteroatoms. The third kappa shape index (κ3) is 4.29. The molecule has 1 aromatic heterocycles. The molecule has 1 amide bonds. The molecule has 128 valence electrons. The van der Waals surface area contributed by atoms with Gasteiger partial charge in [0.25, 0.3) is 0 Å². The van der Waals surface area contributed by atoms with Crippen LogP contribution in [0.1, 0.15) is 50.9 Å². The number of rotatable bonds is 4. The van der Waals surface area contributed by atoms with Gasteiger partial charge in [-0.1, -0.05) is 17.7 Å². The van der Waals surface area contributed by atoms with Crippen molar-refractivity contribution in [2.75, 3.05) is 0 Å². The lowest BCUT2D eigenvalue weighted by Crippen LogP contribution is -2.32. The molecule has 1 aromatic carbocycles. The number of halogens is 1. The molecular weight excluding hydrogens is 326 g/mol. The number of amides is 1. The first-order valence-electron chi connectivity index (χ1n) is 8.13. The van der Waals surface area contributed by atoms with Gasteiger partial charge in [0, 0.05) is 10.9 Å². The highest BCUT2D eigenvalue weighted by molar-refractivity contribution is 6.30. The molecule has 0 atom stereocenters. The average Bonchev–Trinajstić information content (AvgIpc) is 3.23. The van der Waals surface area contributed by atoms with E-state index in [1.165, 1.54) is 12.8 Å². The van der Waals surface area contributed by atoms with E-state index in [-0.39, 0.29) is 0 Å². The van der Waals surface area contributed by atoms with Crippen molar-refractivity contribution in [3.05, 3.63) is 46.7 Å². The van der Waals surface area contributed by atoms with Crippen molar-refractivity contribution < 1.29 is 9.53 Å². The molecule has 1 aliphatic rings. The maximum absolute atomic E-state index is 11.9. The molecular formula is C18H22ClN3O2. The van der Waals surface area contributed by atoms with Crippen LogP contribution in [0.2, 0.25) is 5.02 Å². The van der Waals surface area contributed by atoms with Gasteiger partial charge in [-0.25, -0.2) is 9.48 Å². The number of carbonyl (C=O) groups is 1. The van der Waals surface area contributed by atoms with Gasteiger partial charge in [0.2, 0.25) is 0 Å². The Labute approximate surface area is 147 Å². The van der Waals surface area contributed by atoms with Crippen molar-refractivity contribution in [1.29, 1.82) is 0 Å². The van der Waals surface area contributed by atoms with Gasteiger partial charge in [-0.05, 0) is 57.9 Å². The molecule has 0 aliphatic heterocycles. The number of aromatic nitrogens is 2. The highest BCUT2D eigenvalue weighted by Crippen LogP contribution is 2.39. The first-order valence-corrected chi connectivity index (χ1v) is 8.51. The van der Waals surface area contributed by atoms with E-state index in [9.17, 15) is 4.79 Å². The average molecular weight is 348 g/mol. The summed E-state index contributed by atoms with van der Waals surface area (Å²) in [6.45, 7) is 5.87. The van der Waals surface area contributed by atoms with Crippen molar-refractivity contribution >= 4 is 17.7 Å². The number of alkyl carbamates (subject to hydrolysis) is 1. The summed E-state index contributed by atoms with van der Waals surface area (Å²) in [5.41, 5.74) is 2.34. The lowest BCUT2D eigenvalue weighted by Gasteiger charge is -2.19. The van der Waals surface area contributed by atoms with Crippen LogP contribution < -0.4 is 5.32 Å². The molecule has 0 bridgehead atoms. The van der Waals surface area contributed by atoms with Crippen molar-refractivity contribution in [2.45, 2.75) is 51.7 Å². The van der Waals surface area contributed by atoms with Crippen LogP contribution in [0.3, 0.4) is 0 Å². The molecule has 0 spiro atoms. The monoisotopic (exact) mass is 347 g/mol. The lowest BCUT2D eigenvalue weighted by atomic mass is 10.2. The van der Waals surface area contributed by atoms with E-state index in [0.717, 1.165) is 17.1 Å². The summed E-state index contributed by atoms with van der Waals surface area (Å²) in [4.78, 5) is 11.9. The summed E-state index contributed by atoms with van der Waals surface area (Å²) < 4.78 is 7.13. The summed E-state index contributed by atoms with van der Waals surface area (Å²) >= 11 is 6.10. The smallest absolute Gasteiger partial charge is 0.407 e. The standard InChI is InChI=1S/C18H22ClN3O2/c1-18(2,3)24-17(23)20-11-15-10-16(12-7-8-12)21-22(15)14-6-4-5-13(19)9-14/h4-6,9-10,12H,7-8,11H2,1-3H3,(H,20,23). The minimum absolute atomic E-state index is 0.348. The van der Waals surface area contributed by atoms with Crippen LogP contribution in [0, 0.1) is 0 Å². The highest BCUT2D eigenvalue weighted by Gasteiger charge is 2.27. The summed E-state index contributed by atoms with van der Waals surface area (Å²) in [6.07, 6.45) is 1.91. The molecule has 1 aliphatic carbocycles. The van der Waals surface area contributed by atoms with Gasteiger partial charge in [-0.15, -0.1) is 0 Å². The Bertz CT molecular complexity index is 745. The van der Waals surface area contributed by atoms with Crippen molar-refractivity contribution in [3.63, 3.8) is 0 Å². The third-order valence-corrected chi connectivity index (χ3v) is 3.90. The number of nitrogens with zero attached hydrogens (tertiary/aromatic N) is 2. The fourth-order valence-electron chi connectivity index (χ4n) is 2.45. The molecule has 1 heterocycles. The topological polar surface area (TPSA) is 56.1 Å². The van der Waals surface area contributed by atoms with E-state index >= 15 is 0 Å². The fraction of sp³-hybridized carbons (Fsp3) is 0.444. The van der Waals surface area contributed by atoms with Gasteiger partial charge in [-0.2, -0.15) is 5.10 Å². The predicted molar refractivity (Wildman–Crippen MR) is 93.6 cm³/mol. The van der Waals surface area contributed by atoms with Gasteiger partial charge in [-0.3, -0.25) is 0 Å². The molecule has 0 saturated heterocycles. The summed E-state index contributed by atoms with van der Waals surface area (Å²) in [7, 11) is 0. The SMILES string of the molecule is CC(C)(C)OC(=O)NCc1cc(C2CC2)nn1-c1cccc(Cl)c1. The van der Waals surface area contributed by atoms with Crippen LogP contribution in [0.25, 0.3) is 5.69 Å². The maximum atomic E-state index is 11.9. The second kappa shape index (κ2) is 6.48. The van der Waals surface area contributed by atoms with Gasteiger partial charge in [0.15, 0.2) is 0 Å².